The molecule has 1 N–H and O–H groups in total. The second kappa shape index (κ2) is 7.29. The molecule has 1 spiro atoms. The van der Waals surface area contributed by atoms with E-state index >= 15 is 0 Å². The van der Waals surface area contributed by atoms with Crippen LogP contribution in [-0.4, -0.2) is 72.4 Å². The predicted molar refractivity (Wildman–Crippen MR) is 100 cm³/mol. The molecule has 0 saturated carbocycles. The molecular weight excluding hydrogens is 328 g/mol. The van der Waals surface area contributed by atoms with Crippen molar-refractivity contribution in [3.05, 3.63) is 35.4 Å². The van der Waals surface area contributed by atoms with E-state index in [4.69, 9.17) is 4.74 Å². The van der Waals surface area contributed by atoms with Crippen LogP contribution in [0.4, 0.5) is 0 Å². The van der Waals surface area contributed by atoms with Crippen LogP contribution in [0.2, 0.25) is 0 Å². The maximum Gasteiger partial charge on any atom is 0.253 e. The van der Waals surface area contributed by atoms with E-state index in [0.717, 1.165) is 70.6 Å². The lowest BCUT2D eigenvalue weighted by Gasteiger charge is -2.38. The zero-order chi connectivity index (χ0) is 18.1. The largest absolute Gasteiger partial charge is 0.392 e. The minimum absolute atomic E-state index is 0.154. The van der Waals surface area contributed by atoms with E-state index in [1.54, 1.807) is 0 Å². The van der Waals surface area contributed by atoms with Gasteiger partial charge in [-0.1, -0.05) is 17.7 Å². The topological polar surface area (TPSA) is 53.0 Å². The first-order valence-corrected chi connectivity index (χ1v) is 9.91. The Hall–Kier alpha value is -1.43. The molecule has 4 rings (SSSR count). The third kappa shape index (κ3) is 3.80. The molecule has 3 heterocycles. The molecule has 3 fully saturated rings. The van der Waals surface area contributed by atoms with Crippen LogP contribution in [0.5, 0.6) is 0 Å². The van der Waals surface area contributed by atoms with Crippen molar-refractivity contribution < 1.29 is 14.6 Å². The van der Waals surface area contributed by atoms with Crippen LogP contribution in [0.25, 0.3) is 0 Å². The molecule has 0 bridgehead atoms. The lowest BCUT2D eigenvalue weighted by atomic mass is 9.76. The van der Waals surface area contributed by atoms with Crippen LogP contribution in [0, 0.1) is 12.3 Å². The van der Waals surface area contributed by atoms with Gasteiger partial charge in [-0.05, 0) is 50.2 Å². The fourth-order valence-corrected chi connectivity index (χ4v) is 4.69. The van der Waals surface area contributed by atoms with Gasteiger partial charge >= 0.3 is 0 Å². The molecule has 5 nitrogen and oxygen atoms in total. The monoisotopic (exact) mass is 358 g/mol. The fraction of sp³-hybridized carbons (Fsp3) is 0.667. The number of aliphatic hydroxyl groups is 1. The molecule has 26 heavy (non-hydrogen) atoms. The predicted octanol–water partition coefficient (Wildman–Crippen LogP) is 2.07. The smallest absolute Gasteiger partial charge is 0.253 e. The lowest BCUT2D eigenvalue weighted by Crippen LogP contribution is -2.43. The van der Waals surface area contributed by atoms with Crippen molar-refractivity contribution >= 4 is 5.91 Å². The molecular formula is C21H30N2O3. The number of hydrogen-bond acceptors (Lipinski definition) is 4. The Bertz CT molecular complexity index is 637. The molecule has 0 aliphatic carbocycles. The van der Waals surface area contributed by atoms with Crippen LogP contribution >= 0.6 is 0 Å². The second-order valence-electron chi connectivity index (χ2n) is 8.50. The fourth-order valence-electron chi connectivity index (χ4n) is 4.69. The number of nitrogens with zero attached hydrogens (tertiary/aromatic N) is 2. The molecule has 1 aromatic rings. The van der Waals surface area contributed by atoms with Gasteiger partial charge in [0.1, 0.15) is 0 Å². The van der Waals surface area contributed by atoms with E-state index in [9.17, 15) is 9.90 Å². The third-order valence-corrected chi connectivity index (χ3v) is 6.41. The van der Waals surface area contributed by atoms with Gasteiger partial charge in [0.25, 0.3) is 5.91 Å². The quantitative estimate of drug-likeness (QED) is 0.899. The summed E-state index contributed by atoms with van der Waals surface area (Å²) in [7, 11) is 0. The van der Waals surface area contributed by atoms with Gasteiger partial charge < -0.3 is 14.7 Å². The van der Waals surface area contributed by atoms with Crippen molar-refractivity contribution in [2.75, 3.05) is 39.3 Å². The molecule has 0 radical (unpaired) electrons. The van der Waals surface area contributed by atoms with E-state index in [1.807, 2.05) is 36.1 Å². The van der Waals surface area contributed by atoms with Gasteiger partial charge in [-0.3, -0.25) is 9.69 Å². The summed E-state index contributed by atoms with van der Waals surface area (Å²) in [5.74, 6) is 0.154. The van der Waals surface area contributed by atoms with Gasteiger partial charge in [0, 0.05) is 38.3 Å². The summed E-state index contributed by atoms with van der Waals surface area (Å²) in [6.07, 6.45) is 4.15. The zero-order valence-corrected chi connectivity index (χ0v) is 15.7. The van der Waals surface area contributed by atoms with E-state index in [0.29, 0.717) is 0 Å². The number of amides is 1. The first-order valence-electron chi connectivity index (χ1n) is 9.91. The average Bonchev–Trinajstić information content (AvgIpc) is 3.22. The second-order valence-corrected chi connectivity index (χ2v) is 8.50. The van der Waals surface area contributed by atoms with Gasteiger partial charge in [-0.15, -0.1) is 0 Å². The van der Waals surface area contributed by atoms with Crippen molar-refractivity contribution in [2.45, 2.75) is 44.8 Å². The van der Waals surface area contributed by atoms with Crippen LogP contribution in [0.1, 0.15) is 41.6 Å². The van der Waals surface area contributed by atoms with E-state index in [2.05, 4.69) is 4.90 Å². The number of hydrogen-bond donors (Lipinski definition) is 1. The normalized spacial score (nSPS) is 28.8. The lowest BCUT2D eigenvalue weighted by molar-refractivity contribution is 0.0451. The van der Waals surface area contributed by atoms with Crippen molar-refractivity contribution in [1.82, 2.24) is 9.80 Å². The molecule has 3 saturated heterocycles. The summed E-state index contributed by atoms with van der Waals surface area (Å²) in [4.78, 5) is 17.0. The molecule has 5 heteroatoms. The first-order chi connectivity index (χ1) is 12.5. The van der Waals surface area contributed by atoms with Gasteiger partial charge in [0.15, 0.2) is 0 Å². The number of rotatable bonds is 3. The Kier molecular flexibility index (Phi) is 5.04. The van der Waals surface area contributed by atoms with E-state index < -0.39 is 0 Å². The van der Waals surface area contributed by atoms with E-state index in [1.165, 1.54) is 5.56 Å². The molecule has 0 aromatic heterocycles. The summed E-state index contributed by atoms with van der Waals surface area (Å²) in [6, 6.07) is 7.87. The Morgan fingerprint density at radius 2 is 1.96 bits per heavy atom. The number of likely N-dealkylation sites (tertiary alicyclic amines) is 2. The van der Waals surface area contributed by atoms with Crippen molar-refractivity contribution in [1.29, 1.82) is 0 Å². The number of ether oxygens (including phenoxy) is 1. The Morgan fingerprint density at radius 1 is 1.23 bits per heavy atom. The molecule has 3 aliphatic rings. The number of β-amino-alcohol motifs (C(OH)–C–C–N with tert-alkyl or cyclic N) is 1. The average molecular weight is 358 g/mol. The van der Waals surface area contributed by atoms with Crippen LogP contribution in [0.3, 0.4) is 0 Å². The van der Waals surface area contributed by atoms with Gasteiger partial charge in [0.2, 0.25) is 0 Å². The first kappa shape index (κ1) is 18.0. The molecule has 3 aliphatic heterocycles. The summed E-state index contributed by atoms with van der Waals surface area (Å²) >= 11 is 0. The maximum absolute atomic E-state index is 12.7. The number of carbonyl (C=O) groups excluding carboxylic acids is 1. The standard InChI is InChI=1S/C21H30N2O3/c1-16-2-4-17(5-3-16)20(25)23-10-7-21(8-11-23)12-19(26-15-21)14-22-9-6-18(24)13-22/h2-5,18-19,24H,6-15H2,1H3/t18-,19+/m0/s1. The van der Waals surface area contributed by atoms with Gasteiger partial charge in [0.05, 0.1) is 18.8 Å². The number of carbonyl (C=O) groups is 1. The molecule has 1 aromatic carbocycles. The van der Waals surface area contributed by atoms with E-state index in [-0.39, 0.29) is 23.5 Å². The highest BCUT2D eigenvalue weighted by Gasteiger charge is 2.43. The van der Waals surface area contributed by atoms with Crippen LogP contribution in [0.15, 0.2) is 24.3 Å². The highest BCUT2D eigenvalue weighted by Crippen LogP contribution is 2.42. The Balaban J connectivity index is 1.29. The summed E-state index contributed by atoms with van der Waals surface area (Å²) < 4.78 is 6.11. The minimum Gasteiger partial charge on any atom is -0.392 e. The summed E-state index contributed by atoms with van der Waals surface area (Å²) in [5, 5.41) is 9.69. The maximum atomic E-state index is 12.7. The summed E-state index contributed by atoms with van der Waals surface area (Å²) in [5.41, 5.74) is 2.21. The van der Waals surface area contributed by atoms with Crippen molar-refractivity contribution in [3.63, 3.8) is 0 Å². The van der Waals surface area contributed by atoms with Gasteiger partial charge in [-0.25, -0.2) is 0 Å². The Morgan fingerprint density at radius 3 is 2.62 bits per heavy atom. The number of piperidine rings is 1. The summed E-state index contributed by atoms with van der Waals surface area (Å²) in [6.45, 7) is 7.21. The third-order valence-electron chi connectivity index (χ3n) is 6.41. The Labute approximate surface area is 155 Å². The highest BCUT2D eigenvalue weighted by atomic mass is 16.5. The minimum atomic E-state index is -0.165. The molecule has 0 unspecified atom stereocenters. The van der Waals surface area contributed by atoms with Crippen LogP contribution < -0.4 is 0 Å². The highest BCUT2D eigenvalue weighted by molar-refractivity contribution is 5.94. The number of aryl methyl sites for hydroxylation is 1. The molecule has 142 valence electrons. The molecule has 1 amide bonds. The number of benzene rings is 1. The van der Waals surface area contributed by atoms with Crippen LogP contribution in [-0.2, 0) is 4.74 Å². The number of aliphatic hydroxyl groups excluding tert-OH is 1. The zero-order valence-electron chi connectivity index (χ0n) is 15.7. The molecule has 2 atom stereocenters. The van der Waals surface area contributed by atoms with Crippen molar-refractivity contribution in [3.8, 4) is 0 Å². The van der Waals surface area contributed by atoms with Gasteiger partial charge in [-0.2, -0.15) is 0 Å². The van der Waals surface area contributed by atoms with Crippen molar-refractivity contribution in [2.24, 2.45) is 5.41 Å². The SMILES string of the molecule is Cc1ccc(C(=O)N2CCC3(CC2)CO[C@@H](CN2CC[C@H](O)C2)C3)cc1.